The van der Waals surface area contributed by atoms with E-state index in [0.717, 1.165) is 49.0 Å². The van der Waals surface area contributed by atoms with E-state index in [4.69, 9.17) is 9.47 Å². The molecule has 1 N–H and O–H groups in total. The standard InChI is InChI=1S/C26H32N4O4S2/c1-5-30-23(17(3)34-19-13-10-9-11-16(19)2)28-29-26(30)35-15-21(31)27-24-22(25(32)33-4)18-12-7-6-8-14-20(18)36-24/h9-11,13,17H,5-8,12,14-15H2,1-4H3,(H,27,31). The first-order chi connectivity index (χ1) is 17.4. The van der Waals surface area contributed by atoms with E-state index < -0.39 is 5.97 Å². The van der Waals surface area contributed by atoms with Gasteiger partial charge in [0.2, 0.25) is 5.91 Å². The molecular weight excluding hydrogens is 496 g/mol. The number of methoxy groups -OCH3 is 1. The maximum absolute atomic E-state index is 12.9. The van der Waals surface area contributed by atoms with E-state index in [9.17, 15) is 9.59 Å². The Bertz CT molecular complexity index is 1240. The van der Waals surface area contributed by atoms with Crippen LogP contribution >= 0.6 is 23.1 Å². The van der Waals surface area contributed by atoms with Gasteiger partial charge in [-0.1, -0.05) is 36.4 Å². The second-order valence-corrected chi connectivity index (χ2v) is 10.8. The number of nitrogens with one attached hydrogen (secondary N) is 1. The lowest BCUT2D eigenvalue weighted by atomic mass is 10.1. The number of aromatic nitrogens is 3. The number of thiophene rings is 1. The Labute approximate surface area is 219 Å². The van der Waals surface area contributed by atoms with E-state index >= 15 is 0 Å². The zero-order valence-electron chi connectivity index (χ0n) is 21.1. The number of carbonyl (C=O) groups is 2. The third-order valence-electron chi connectivity index (χ3n) is 6.22. The Hall–Kier alpha value is -2.85. The second-order valence-electron chi connectivity index (χ2n) is 8.71. The Kier molecular flexibility index (Phi) is 8.68. The Balaban J connectivity index is 1.44. The number of esters is 1. The summed E-state index contributed by atoms with van der Waals surface area (Å²) >= 11 is 2.81. The number of para-hydroxylation sites is 1. The lowest BCUT2D eigenvalue weighted by Gasteiger charge is -2.17. The molecule has 1 aromatic carbocycles. The van der Waals surface area contributed by atoms with Crippen molar-refractivity contribution in [1.29, 1.82) is 0 Å². The fourth-order valence-electron chi connectivity index (χ4n) is 4.38. The molecule has 8 nitrogen and oxygen atoms in total. The SMILES string of the molecule is CCn1c(SCC(=O)Nc2sc3c(c2C(=O)OC)CCCCC3)nnc1C(C)Oc1ccccc1C. The van der Waals surface area contributed by atoms with Crippen molar-refractivity contribution in [3.05, 3.63) is 51.7 Å². The first kappa shape index (κ1) is 26.2. The molecule has 1 atom stereocenters. The van der Waals surface area contributed by atoms with Crippen LogP contribution in [0.4, 0.5) is 5.00 Å². The van der Waals surface area contributed by atoms with Gasteiger partial charge in [-0.3, -0.25) is 4.79 Å². The quantitative estimate of drug-likeness (QED) is 0.220. The molecule has 1 amide bonds. The number of anilines is 1. The molecular formula is C26H32N4O4S2. The number of ether oxygens (including phenoxy) is 2. The highest BCUT2D eigenvalue weighted by Gasteiger charge is 2.26. The Morgan fingerprint density at radius 1 is 1.19 bits per heavy atom. The van der Waals surface area contributed by atoms with Crippen LogP contribution in [0.25, 0.3) is 0 Å². The maximum atomic E-state index is 12.9. The van der Waals surface area contributed by atoms with Crippen LogP contribution in [0.15, 0.2) is 29.4 Å². The number of rotatable bonds is 9. The van der Waals surface area contributed by atoms with Crippen molar-refractivity contribution < 1.29 is 19.1 Å². The van der Waals surface area contributed by atoms with Gasteiger partial charge < -0.3 is 19.4 Å². The summed E-state index contributed by atoms with van der Waals surface area (Å²) in [5.41, 5.74) is 2.60. The summed E-state index contributed by atoms with van der Waals surface area (Å²) in [4.78, 5) is 26.6. The van der Waals surface area contributed by atoms with E-state index in [0.29, 0.717) is 28.1 Å². The zero-order chi connectivity index (χ0) is 25.7. The van der Waals surface area contributed by atoms with Crippen molar-refractivity contribution in [2.75, 3.05) is 18.2 Å². The highest BCUT2D eigenvalue weighted by Crippen LogP contribution is 2.38. The van der Waals surface area contributed by atoms with E-state index in [1.807, 2.05) is 49.6 Å². The van der Waals surface area contributed by atoms with Crippen LogP contribution in [-0.4, -0.2) is 39.5 Å². The summed E-state index contributed by atoms with van der Waals surface area (Å²) < 4.78 is 13.1. The van der Waals surface area contributed by atoms with E-state index in [1.54, 1.807) is 0 Å². The minimum absolute atomic E-state index is 0.147. The molecule has 0 aliphatic heterocycles. The van der Waals surface area contributed by atoms with Crippen LogP contribution in [0.5, 0.6) is 5.75 Å². The zero-order valence-corrected chi connectivity index (χ0v) is 22.8. The van der Waals surface area contributed by atoms with Crippen LogP contribution in [-0.2, 0) is 28.9 Å². The van der Waals surface area contributed by atoms with Crippen molar-refractivity contribution in [3.8, 4) is 5.75 Å². The first-order valence-electron chi connectivity index (χ1n) is 12.2. The van der Waals surface area contributed by atoms with Gasteiger partial charge in [0.05, 0.1) is 18.4 Å². The smallest absolute Gasteiger partial charge is 0.341 e. The van der Waals surface area contributed by atoms with Gasteiger partial charge in [0.1, 0.15) is 10.8 Å². The Morgan fingerprint density at radius 3 is 2.72 bits per heavy atom. The molecule has 0 fully saturated rings. The second kappa shape index (κ2) is 11.9. The van der Waals surface area contributed by atoms with Gasteiger partial charge in [0.25, 0.3) is 0 Å². The van der Waals surface area contributed by atoms with Gasteiger partial charge in [-0.25, -0.2) is 4.79 Å². The summed E-state index contributed by atoms with van der Waals surface area (Å²) in [6, 6.07) is 7.85. The van der Waals surface area contributed by atoms with Gasteiger partial charge in [0, 0.05) is 11.4 Å². The fourth-order valence-corrected chi connectivity index (χ4v) is 6.48. The van der Waals surface area contributed by atoms with Crippen LogP contribution in [0.3, 0.4) is 0 Å². The predicted molar refractivity (Wildman–Crippen MR) is 142 cm³/mol. The predicted octanol–water partition coefficient (Wildman–Crippen LogP) is 5.59. The number of hydrogen-bond donors (Lipinski definition) is 1. The average Bonchev–Trinajstić information content (AvgIpc) is 3.36. The van der Waals surface area contributed by atoms with E-state index in [2.05, 4.69) is 15.5 Å². The van der Waals surface area contributed by atoms with Gasteiger partial charge in [-0.05, 0) is 63.6 Å². The molecule has 10 heteroatoms. The topological polar surface area (TPSA) is 95.3 Å². The van der Waals surface area contributed by atoms with Gasteiger partial charge in [0.15, 0.2) is 17.1 Å². The molecule has 0 bridgehead atoms. The number of fused-ring (bicyclic) bond motifs is 1. The van der Waals surface area contributed by atoms with Gasteiger partial charge in [-0.15, -0.1) is 21.5 Å². The summed E-state index contributed by atoms with van der Waals surface area (Å²) in [6.07, 6.45) is 4.75. The minimum Gasteiger partial charge on any atom is -0.482 e. The molecule has 0 saturated heterocycles. The number of thioether (sulfide) groups is 1. The molecule has 0 radical (unpaired) electrons. The lowest BCUT2D eigenvalue weighted by Crippen LogP contribution is -2.17. The highest BCUT2D eigenvalue weighted by molar-refractivity contribution is 7.99. The number of nitrogens with zero attached hydrogens (tertiary/aromatic N) is 3. The number of carbonyl (C=O) groups excluding carboxylic acids is 2. The summed E-state index contributed by atoms with van der Waals surface area (Å²) in [7, 11) is 1.38. The Morgan fingerprint density at radius 2 is 1.97 bits per heavy atom. The van der Waals surface area contributed by atoms with E-state index in [1.165, 1.54) is 35.1 Å². The third kappa shape index (κ3) is 5.75. The molecule has 1 unspecified atom stereocenters. The molecule has 3 aromatic rings. The maximum Gasteiger partial charge on any atom is 0.341 e. The molecule has 36 heavy (non-hydrogen) atoms. The molecule has 4 rings (SSSR count). The van der Waals surface area contributed by atoms with Gasteiger partial charge >= 0.3 is 5.97 Å². The molecule has 2 aromatic heterocycles. The lowest BCUT2D eigenvalue weighted by molar-refractivity contribution is -0.113. The molecule has 1 aliphatic carbocycles. The van der Waals surface area contributed by atoms with E-state index in [-0.39, 0.29) is 17.8 Å². The summed E-state index contributed by atoms with van der Waals surface area (Å²) in [5, 5.41) is 12.9. The summed E-state index contributed by atoms with van der Waals surface area (Å²) in [5.74, 6) is 1.07. The monoisotopic (exact) mass is 528 g/mol. The molecule has 0 saturated carbocycles. The number of amides is 1. The first-order valence-corrected chi connectivity index (χ1v) is 14.0. The number of aryl methyl sites for hydroxylation is 2. The van der Waals surface area contributed by atoms with Crippen LogP contribution in [0.2, 0.25) is 0 Å². The number of hydrogen-bond acceptors (Lipinski definition) is 8. The molecule has 0 spiro atoms. The molecule has 2 heterocycles. The number of benzene rings is 1. The summed E-state index contributed by atoms with van der Waals surface area (Å²) in [6.45, 7) is 6.61. The van der Waals surface area contributed by atoms with Crippen molar-refractivity contribution in [2.24, 2.45) is 0 Å². The molecule has 1 aliphatic rings. The van der Waals surface area contributed by atoms with Crippen LogP contribution < -0.4 is 10.1 Å². The fraction of sp³-hybridized carbons (Fsp3) is 0.462. The largest absolute Gasteiger partial charge is 0.482 e. The van der Waals surface area contributed by atoms with Crippen LogP contribution in [0.1, 0.15) is 71.4 Å². The average molecular weight is 529 g/mol. The normalized spacial score (nSPS) is 14.0. The molecule has 192 valence electrons. The van der Waals surface area contributed by atoms with Crippen molar-refractivity contribution in [1.82, 2.24) is 14.8 Å². The van der Waals surface area contributed by atoms with Gasteiger partial charge in [-0.2, -0.15) is 0 Å². The van der Waals surface area contributed by atoms with Crippen molar-refractivity contribution >= 4 is 40.0 Å². The van der Waals surface area contributed by atoms with Crippen molar-refractivity contribution in [3.63, 3.8) is 0 Å². The minimum atomic E-state index is -0.393. The highest BCUT2D eigenvalue weighted by atomic mass is 32.2. The van der Waals surface area contributed by atoms with Crippen molar-refractivity contribution in [2.45, 2.75) is 70.7 Å². The van der Waals surface area contributed by atoms with Crippen LogP contribution in [0, 0.1) is 6.92 Å². The third-order valence-corrected chi connectivity index (χ3v) is 8.39.